The molecule has 1 aliphatic carbocycles. The van der Waals surface area contributed by atoms with E-state index in [0.29, 0.717) is 32.2 Å². The van der Waals surface area contributed by atoms with Crippen LogP contribution in [0.25, 0.3) is 0 Å². The smallest absolute Gasteiger partial charge is 0.306 e. The zero-order valence-electron chi connectivity index (χ0n) is 33.4. The topological polar surface area (TPSA) is 334 Å². The number of ether oxygens (including phenoxy) is 1. The van der Waals surface area contributed by atoms with E-state index in [1.54, 1.807) is 0 Å². The maximum Gasteiger partial charge on any atom is 0.306 e. The van der Waals surface area contributed by atoms with E-state index in [2.05, 4.69) is 16.0 Å². The first-order valence-corrected chi connectivity index (χ1v) is 19.9. The van der Waals surface area contributed by atoms with Crippen molar-refractivity contribution in [1.82, 2.24) is 16.0 Å². The highest BCUT2D eigenvalue weighted by molar-refractivity contribution is 5.95. The van der Waals surface area contributed by atoms with Crippen LogP contribution >= 0.6 is 0 Å². The third kappa shape index (κ3) is 23.0. The summed E-state index contributed by atoms with van der Waals surface area (Å²) in [7, 11) is 1.42. The van der Waals surface area contributed by atoms with Gasteiger partial charge in [-0.1, -0.05) is 0 Å². The summed E-state index contributed by atoms with van der Waals surface area (Å²) in [4.78, 5) is 135. The lowest BCUT2D eigenvalue weighted by Crippen LogP contribution is -2.46. The lowest BCUT2D eigenvalue weighted by molar-refractivity contribution is -0.145. The fourth-order valence-corrected chi connectivity index (χ4v) is 6.76. The molecule has 1 aliphatic rings. The number of hydrogen-bond donors (Lipinski definition) is 8. The standard InChI is InChI=1S/C39H59N3O17/c1-59-19-3-4-29(43)27(13-17-36(52)53)42-38(56)25(12-16-35(50)51)20-31(45)28(14-18-37(54)55)41-33(47)15-11-26(39(57)58)21-30(44)24-9-7-23(8-10-24)22-40-32(46)5-2-6-34(48)49/h23-28H,2-22H2,1H3,(H,40,46)(H,41,47)(H,42,56)(H,48,49)(H,50,51)(H,52,53)(H,54,55)(H,57,58)/t23?,24?,25-,26-,27+,28+/m1/s1. The maximum absolute atomic E-state index is 13.5. The van der Waals surface area contributed by atoms with Crippen molar-refractivity contribution in [3.05, 3.63) is 0 Å². The minimum Gasteiger partial charge on any atom is -0.481 e. The molecule has 0 spiro atoms. The molecule has 0 aromatic heterocycles. The van der Waals surface area contributed by atoms with Gasteiger partial charge in [0.25, 0.3) is 0 Å². The van der Waals surface area contributed by atoms with Crippen molar-refractivity contribution < 1.29 is 83.0 Å². The number of nitrogens with one attached hydrogen (secondary N) is 3. The molecule has 59 heavy (non-hydrogen) atoms. The molecule has 0 aliphatic heterocycles. The zero-order valence-corrected chi connectivity index (χ0v) is 33.4. The van der Waals surface area contributed by atoms with Crippen LogP contribution in [0.3, 0.4) is 0 Å². The van der Waals surface area contributed by atoms with Crippen LogP contribution in [0.4, 0.5) is 0 Å². The van der Waals surface area contributed by atoms with E-state index in [1.807, 2.05) is 0 Å². The van der Waals surface area contributed by atoms with E-state index >= 15 is 0 Å². The van der Waals surface area contributed by atoms with Gasteiger partial charge in [0.2, 0.25) is 17.7 Å². The van der Waals surface area contributed by atoms with Crippen molar-refractivity contribution in [1.29, 1.82) is 0 Å². The van der Waals surface area contributed by atoms with Crippen LogP contribution in [0.1, 0.15) is 122 Å². The number of ketones is 3. The number of carbonyl (C=O) groups excluding carboxylic acids is 6. The van der Waals surface area contributed by atoms with E-state index in [-0.39, 0.29) is 75.6 Å². The van der Waals surface area contributed by atoms with Crippen molar-refractivity contribution in [2.24, 2.45) is 23.7 Å². The lowest BCUT2D eigenvalue weighted by Gasteiger charge is -2.28. The SMILES string of the molecule is COCCCC(=O)[C@H](CCC(=O)O)NC(=O)[C@H](CCC(=O)O)CC(=O)[C@H](CCC(=O)O)NC(=O)CC[C@H](CC(=O)C1CCC(CNC(=O)CCCC(=O)O)CC1)C(=O)O. The Hall–Kier alpha value is -5.27. The van der Waals surface area contributed by atoms with Crippen LogP contribution in [-0.2, 0) is 57.5 Å². The first-order chi connectivity index (χ1) is 27.8. The van der Waals surface area contributed by atoms with E-state index in [9.17, 15) is 68.1 Å². The summed E-state index contributed by atoms with van der Waals surface area (Å²) in [6.45, 7) is 0.588. The van der Waals surface area contributed by atoms with E-state index in [1.165, 1.54) is 7.11 Å². The van der Waals surface area contributed by atoms with Crippen LogP contribution in [0.5, 0.6) is 0 Å². The van der Waals surface area contributed by atoms with Gasteiger partial charge in [0.15, 0.2) is 11.6 Å². The second-order valence-corrected chi connectivity index (χ2v) is 14.9. The maximum atomic E-state index is 13.5. The van der Waals surface area contributed by atoms with Crippen molar-refractivity contribution in [2.75, 3.05) is 20.3 Å². The molecular formula is C39H59N3O17. The van der Waals surface area contributed by atoms with Gasteiger partial charge < -0.3 is 46.2 Å². The number of aliphatic carboxylic acids is 5. The minimum absolute atomic E-state index is 0.0682. The molecule has 0 heterocycles. The van der Waals surface area contributed by atoms with Crippen LogP contribution in [-0.4, -0.2) is 123 Å². The van der Waals surface area contributed by atoms with Crippen molar-refractivity contribution >= 4 is 64.9 Å². The average Bonchev–Trinajstić information content (AvgIpc) is 3.16. The van der Waals surface area contributed by atoms with Crippen molar-refractivity contribution in [3.8, 4) is 0 Å². The molecular weight excluding hydrogens is 782 g/mol. The molecule has 20 heteroatoms. The average molecular weight is 842 g/mol. The summed E-state index contributed by atoms with van der Waals surface area (Å²) < 4.78 is 4.92. The quantitative estimate of drug-likeness (QED) is 0.0436. The summed E-state index contributed by atoms with van der Waals surface area (Å²) in [5.41, 5.74) is 0. The Morgan fingerprint density at radius 1 is 0.559 bits per heavy atom. The largest absolute Gasteiger partial charge is 0.481 e. The molecule has 0 aromatic carbocycles. The Bertz CT molecular complexity index is 1490. The number of rotatable bonds is 33. The number of carbonyl (C=O) groups is 11. The molecule has 8 N–H and O–H groups in total. The summed E-state index contributed by atoms with van der Waals surface area (Å²) >= 11 is 0. The molecule has 3 amide bonds. The normalized spacial score (nSPS) is 17.0. The number of hydrogen-bond acceptors (Lipinski definition) is 12. The second-order valence-electron chi connectivity index (χ2n) is 14.9. The van der Waals surface area contributed by atoms with Crippen molar-refractivity contribution in [2.45, 2.75) is 134 Å². The summed E-state index contributed by atoms with van der Waals surface area (Å²) in [5.74, 6) is -12.8. The van der Waals surface area contributed by atoms with Gasteiger partial charge >= 0.3 is 29.8 Å². The molecule has 1 fully saturated rings. The molecule has 0 saturated heterocycles. The first-order valence-electron chi connectivity index (χ1n) is 19.9. The summed E-state index contributed by atoms with van der Waals surface area (Å²) in [6, 6.07) is -2.75. The van der Waals surface area contributed by atoms with Gasteiger partial charge in [-0.2, -0.15) is 0 Å². The van der Waals surface area contributed by atoms with Gasteiger partial charge in [0.1, 0.15) is 5.78 Å². The monoisotopic (exact) mass is 841 g/mol. The molecule has 0 radical (unpaired) electrons. The van der Waals surface area contributed by atoms with Gasteiger partial charge in [0.05, 0.1) is 18.0 Å². The molecule has 0 bridgehead atoms. The molecule has 4 atom stereocenters. The third-order valence-corrected chi connectivity index (χ3v) is 10.2. The predicted molar refractivity (Wildman–Crippen MR) is 204 cm³/mol. The van der Waals surface area contributed by atoms with E-state index < -0.39 is 128 Å². The first kappa shape index (κ1) is 51.7. The Balaban J connectivity index is 2.91. The number of carboxylic acid groups (broad SMARTS) is 5. The minimum atomic E-state index is -1.48. The molecule has 332 valence electrons. The van der Waals surface area contributed by atoms with Gasteiger partial charge in [-0.05, 0) is 70.1 Å². The summed E-state index contributed by atoms with van der Waals surface area (Å²) in [6.07, 6.45) is -2.00. The van der Waals surface area contributed by atoms with Gasteiger partial charge in [0, 0.05) is 89.9 Å². The van der Waals surface area contributed by atoms with E-state index in [0.717, 1.165) is 0 Å². The number of methoxy groups -OCH3 is 1. The molecule has 0 unspecified atom stereocenters. The third-order valence-electron chi connectivity index (χ3n) is 10.2. The van der Waals surface area contributed by atoms with Gasteiger partial charge in [-0.15, -0.1) is 0 Å². The summed E-state index contributed by atoms with van der Waals surface area (Å²) in [5, 5.41) is 53.9. The highest BCUT2D eigenvalue weighted by atomic mass is 16.5. The lowest BCUT2D eigenvalue weighted by atomic mass is 9.78. The Morgan fingerprint density at radius 2 is 1.10 bits per heavy atom. The predicted octanol–water partition coefficient (Wildman–Crippen LogP) is 1.74. The Morgan fingerprint density at radius 3 is 1.64 bits per heavy atom. The van der Waals surface area contributed by atoms with Crippen LogP contribution < -0.4 is 16.0 Å². The highest BCUT2D eigenvalue weighted by Gasteiger charge is 2.33. The number of Topliss-reactive ketones (excluding diaryl/α,β-unsaturated/α-hetero) is 3. The Labute approximate surface area is 341 Å². The molecule has 20 nitrogen and oxygen atoms in total. The van der Waals surface area contributed by atoms with Gasteiger partial charge in [-0.25, -0.2) is 0 Å². The fourth-order valence-electron chi connectivity index (χ4n) is 6.76. The fraction of sp³-hybridized carbons (Fsp3) is 0.718. The number of amides is 3. The van der Waals surface area contributed by atoms with Crippen LogP contribution in [0.2, 0.25) is 0 Å². The van der Waals surface area contributed by atoms with Crippen LogP contribution in [0.15, 0.2) is 0 Å². The number of carboxylic acids is 5. The molecule has 0 aromatic rings. The van der Waals surface area contributed by atoms with Crippen LogP contribution in [0, 0.1) is 23.7 Å². The van der Waals surface area contributed by atoms with Gasteiger partial charge in [-0.3, -0.25) is 52.7 Å². The van der Waals surface area contributed by atoms with E-state index in [4.69, 9.17) is 14.9 Å². The Kier molecular flexibility index (Phi) is 24.7. The highest BCUT2D eigenvalue weighted by Crippen LogP contribution is 2.31. The van der Waals surface area contributed by atoms with Crippen molar-refractivity contribution in [3.63, 3.8) is 0 Å². The second kappa shape index (κ2) is 28.2. The molecule has 1 rings (SSSR count). The molecule has 1 saturated carbocycles. The zero-order chi connectivity index (χ0) is 44.5.